The molecular weight excluding hydrogens is 280 g/mol. The molecule has 0 fully saturated rings. The summed E-state index contributed by atoms with van der Waals surface area (Å²) in [6.07, 6.45) is 4.32. The summed E-state index contributed by atoms with van der Waals surface area (Å²) in [6.45, 7) is 6.45. The first kappa shape index (κ1) is 12.0. The van der Waals surface area contributed by atoms with Gasteiger partial charge in [-0.3, -0.25) is 4.98 Å². The summed E-state index contributed by atoms with van der Waals surface area (Å²) < 4.78 is 6.60. The molecule has 0 unspecified atom stereocenters. The van der Waals surface area contributed by atoms with Crippen molar-refractivity contribution < 1.29 is 4.74 Å². The third-order valence-corrected chi connectivity index (χ3v) is 2.73. The van der Waals surface area contributed by atoms with Gasteiger partial charge in [0.2, 0.25) is 0 Å². The van der Waals surface area contributed by atoms with Crippen molar-refractivity contribution in [2.45, 2.75) is 13.3 Å². The Morgan fingerprint density at radius 1 is 1.47 bits per heavy atom. The van der Waals surface area contributed by atoms with Gasteiger partial charge < -0.3 is 4.74 Å². The monoisotopic (exact) mass is 292 g/mol. The predicted octanol–water partition coefficient (Wildman–Crippen LogP) is 3.74. The minimum atomic E-state index is 0.617. The largest absolute Gasteiger partial charge is 0.491 e. The van der Waals surface area contributed by atoms with Gasteiger partial charge >= 0.3 is 0 Å². The number of hydrogen-bond acceptors (Lipinski definition) is 3. The lowest BCUT2D eigenvalue weighted by atomic mass is 10.2. The molecule has 2 heterocycles. The van der Waals surface area contributed by atoms with Crippen LogP contribution in [-0.2, 0) is 0 Å². The van der Waals surface area contributed by atoms with Crippen LogP contribution in [0.3, 0.4) is 0 Å². The number of aromatic nitrogens is 2. The van der Waals surface area contributed by atoms with Gasteiger partial charge in [-0.1, -0.05) is 5.57 Å². The average molecular weight is 293 g/mol. The molecule has 0 spiro atoms. The van der Waals surface area contributed by atoms with Gasteiger partial charge in [0.05, 0.1) is 12.1 Å². The van der Waals surface area contributed by atoms with Crippen LogP contribution < -0.4 is 4.74 Å². The molecule has 0 aliphatic rings. The maximum Gasteiger partial charge on any atom is 0.148 e. The molecule has 88 valence electrons. The average Bonchev–Trinajstić information content (AvgIpc) is 2.28. The summed E-state index contributed by atoms with van der Waals surface area (Å²) in [4.78, 5) is 8.58. The van der Waals surface area contributed by atoms with Crippen LogP contribution in [0.25, 0.3) is 11.0 Å². The third kappa shape index (κ3) is 3.03. The molecule has 0 aliphatic carbocycles. The Morgan fingerprint density at radius 3 is 3.06 bits per heavy atom. The molecule has 17 heavy (non-hydrogen) atoms. The number of pyridine rings is 2. The number of ether oxygens (including phenoxy) is 1. The number of hydrogen-bond donors (Lipinski definition) is 0. The Hall–Kier alpha value is -1.42. The fraction of sp³-hybridized carbons (Fsp3) is 0.231. The van der Waals surface area contributed by atoms with E-state index in [4.69, 9.17) is 4.74 Å². The topological polar surface area (TPSA) is 35.0 Å². The summed E-state index contributed by atoms with van der Waals surface area (Å²) in [7, 11) is 0. The van der Waals surface area contributed by atoms with Crippen LogP contribution in [0.2, 0.25) is 0 Å². The third-order valence-electron chi connectivity index (χ3n) is 2.29. The lowest BCUT2D eigenvalue weighted by Crippen LogP contribution is -1.99. The molecule has 0 bridgehead atoms. The number of nitrogens with zero attached hydrogens (tertiary/aromatic N) is 2. The molecule has 2 aromatic heterocycles. The number of fused-ring (bicyclic) bond motifs is 1. The van der Waals surface area contributed by atoms with Crippen molar-refractivity contribution in [3.05, 3.63) is 41.2 Å². The second kappa shape index (κ2) is 5.27. The zero-order chi connectivity index (χ0) is 12.3. The van der Waals surface area contributed by atoms with Gasteiger partial charge in [-0.2, -0.15) is 0 Å². The minimum absolute atomic E-state index is 0.617. The van der Waals surface area contributed by atoms with Gasteiger partial charge in [-0.25, -0.2) is 4.98 Å². The molecule has 0 atom stereocenters. The zero-order valence-corrected chi connectivity index (χ0v) is 11.2. The molecule has 0 saturated heterocycles. The van der Waals surface area contributed by atoms with E-state index in [-0.39, 0.29) is 0 Å². The molecule has 4 heteroatoms. The Bertz CT molecular complexity index is 554. The van der Waals surface area contributed by atoms with E-state index in [1.54, 1.807) is 12.4 Å². The summed E-state index contributed by atoms with van der Waals surface area (Å²) in [5.41, 5.74) is 2.73. The van der Waals surface area contributed by atoms with Gasteiger partial charge in [0.15, 0.2) is 0 Å². The molecule has 2 aromatic rings. The van der Waals surface area contributed by atoms with E-state index in [2.05, 4.69) is 32.5 Å². The molecule has 0 saturated carbocycles. The second-order valence-electron chi connectivity index (χ2n) is 3.89. The maximum atomic E-state index is 5.69. The van der Waals surface area contributed by atoms with Crippen LogP contribution in [0.15, 0.2) is 41.2 Å². The van der Waals surface area contributed by atoms with Gasteiger partial charge in [-0.05, 0) is 28.9 Å². The smallest absolute Gasteiger partial charge is 0.148 e. The Labute approximate surface area is 109 Å². The van der Waals surface area contributed by atoms with Crippen molar-refractivity contribution in [1.29, 1.82) is 0 Å². The van der Waals surface area contributed by atoms with Crippen molar-refractivity contribution in [2.75, 3.05) is 6.61 Å². The van der Waals surface area contributed by atoms with Crippen LogP contribution in [0, 0.1) is 0 Å². The van der Waals surface area contributed by atoms with E-state index in [9.17, 15) is 0 Å². The zero-order valence-electron chi connectivity index (χ0n) is 9.61. The number of rotatable bonds is 4. The van der Waals surface area contributed by atoms with Crippen LogP contribution in [-0.4, -0.2) is 16.6 Å². The highest BCUT2D eigenvalue weighted by atomic mass is 79.9. The van der Waals surface area contributed by atoms with E-state index in [0.29, 0.717) is 6.61 Å². The first-order valence-electron chi connectivity index (χ1n) is 5.34. The molecule has 0 aromatic carbocycles. The van der Waals surface area contributed by atoms with Gasteiger partial charge in [0.1, 0.15) is 11.3 Å². The highest BCUT2D eigenvalue weighted by molar-refractivity contribution is 9.10. The molecule has 0 N–H and O–H groups in total. The first-order chi connectivity index (χ1) is 8.16. The minimum Gasteiger partial charge on any atom is -0.491 e. The van der Waals surface area contributed by atoms with Crippen molar-refractivity contribution in [2.24, 2.45) is 0 Å². The van der Waals surface area contributed by atoms with E-state index in [0.717, 1.165) is 33.2 Å². The summed E-state index contributed by atoms with van der Waals surface area (Å²) in [5.74, 6) is 0.767. The molecule has 0 radical (unpaired) electrons. The van der Waals surface area contributed by atoms with Crippen molar-refractivity contribution in [1.82, 2.24) is 9.97 Å². The van der Waals surface area contributed by atoms with E-state index in [1.165, 1.54) is 0 Å². The Balaban J connectivity index is 2.25. The highest BCUT2D eigenvalue weighted by Gasteiger charge is 2.04. The lowest BCUT2D eigenvalue weighted by molar-refractivity contribution is 0.324. The van der Waals surface area contributed by atoms with E-state index >= 15 is 0 Å². The van der Waals surface area contributed by atoms with Crippen LogP contribution >= 0.6 is 15.9 Å². The Kier molecular flexibility index (Phi) is 3.74. The summed E-state index contributed by atoms with van der Waals surface area (Å²) in [5, 5.41) is 0. The molecule has 2 rings (SSSR count). The highest BCUT2D eigenvalue weighted by Crippen LogP contribution is 2.24. The fourth-order valence-electron chi connectivity index (χ4n) is 1.43. The van der Waals surface area contributed by atoms with Gasteiger partial charge in [0, 0.05) is 29.4 Å². The SMILES string of the molecule is C=C(C)CCOc1ccnc2cc(Br)cnc12. The quantitative estimate of drug-likeness (QED) is 0.805. The normalized spacial score (nSPS) is 10.5. The van der Waals surface area contributed by atoms with Crippen LogP contribution in [0.1, 0.15) is 13.3 Å². The standard InChI is InChI=1S/C13H13BrN2O/c1-9(2)4-6-17-12-3-5-15-11-7-10(14)8-16-13(11)12/h3,5,7-8H,1,4,6H2,2H3. The van der Waals surface area contributed by atoms with E-state index < -0.39 is 0 Å². The summed E-state index contributed by atoms with van der Waals surface area (Å²) >= 11 is 3.37. The van der Waals surface area contributed by atoms with Crippen LogP contribution in [0.5, 0.6) is 5.75 Å². The molecular formula is C13H13BrN2O. The number of halogens is 1. The Morgan fingerprint density at radius 2 is 2.29 bits per heavy atom. The van der Waals surface area contributed by atoms with Crippen molar-refractivity contribution >= 4 is 27.0 Å². The first-order valence-corrected chi connectivity index (χ1v) is 6.13. The lowest BCUT2D eigenvalue weighted by Gasteiger charge is -2.08. The van der Waals surface area contributed by atoms with Gasteiger partial charge in [-0.15, -0.1) is 6.58 Å². The predicted molar refractivity (Wildman–Crippen MR) is 72.2 cm³/mol. The molecule has 0 aliphatic heterocycles. The second-order valence-corrected chi connectivity index (χ2v) is 4.80. The summed E-state index contributed by atoms with van der Waals surface area (Å²) in [6, 6.07) is 3.76. The molecule has 3 nitrogen and oxygen atoms in total. The van der Waals surface area contributed by atoms with Gasteiger partial charge in [0.25, 0.3) is 0 Å². The van der Waals surface area contributed by atoms with E-state index in [1.807, 2.05) is 19.1 Å². The molecule has 0 amide bonds. The van der Waals surface area contributed by atoms with Crippen molar-refractivity contribution in [3.63, 3.8) is 0 Å². The maximum absolute atomic E-state index is 5.69. The van der Waals surface area contributed by atoms with Crippen LogP contribution in [0.4, 0.5) is 0 Å². The fourth-order valence-corrected chi connectivity index (χ4v) is 1.75. The van der Waals surface area contributed by atoms with Crippen molar-refractivity contribution in [3.8, 4) is 5.75 Å².